The van der Waals surface area contributed by atoms with Crippen molar-refractivity contribution >= 4 is 17.1 Å². The highest BCUT2D eigenvalue weighted by Crippen LogP contribution is 2.14. The number of hydrogen-bond donors (Lipinski definition) is 2. The number of rotatable bonds is 3. The third-order valence-corrected chi connectivity index (χ3v) is 2.90. The molecule has 106 valence electrons. The Bertz CT molecular complexity index is 569. The van der Waals surface area contributed by atoms with Crippen LogP contribution in [-0.4, -0.2) is 7.05 Å². The van der Waals surface area contributed by atoms with Gasteiger partial charge in [-0.25, -0.2) is 0 Å². The molecule has 0 aliphatic carbocycles. The molecule has 0 unspecified atom stereocenters. The maximum absolute atomic E-state index is 3.30. The van der Waals surface area contributed by atoms with Crippen LogP contribution in [-0.2, 0) is 0 Å². The minimum atomic E-state index is 1.12. The van der Waals surface area contributed by atoms with Gasteiger partial charge in [-0.2, -0.15) is 0 Å². The van der Waals surface area contributed by atoms with Crippen LogP contribution in [0.3, 0.4) is 0 Å². The zero-order valence-corrected chi connectivity index (χ0v) is 12.2. The summed E-state index contributed by atoms with van der Waals surface area (Å²) >= 11 is 0. The van der Waals surface area contributed by atoms with Gasteiger partial charge in [-0.05, 0) is 36.4 Å². The van der Waals surface area contributed by atoms with Crippen LogP contribution in [0.4, 0.5) is 17.1 Å². The van der Waals surface area contributed by atoms with E-state index < -0.39 is 0 Å². The Labute approximate surface area is 126 Å². The van der Waals surface area contributed by atoms with Crippen LogP contribution >= 0.6 is 0 Å². The maximum Gasteiger partial charge on any atom is 0.0384 e. The van der Waals surface area contributed by atoms with E-state index >= 15 is 0 Å². The lowest BCUT2D eigenvalue weighted by atomic mass is 10.3. The van der Waals surface area contributed by atoms with E-state index in [4.69, 9.17) is 0 Å². The molecule has 0 aliphatic rings. The number of benzene rings is 3. The Balaban J connectivity index is 0.000000173. The average Bonchev–Trinajstić information content (AvgIpc) is 2.58. The highest BCUT2D eigenvalue weighted by Gasteiger charge is 1.89. The van der Waals surface area contributed by atoms with Gasteiger partial charge in [0, 0.05) is 24.1 Å². The van der Waals surface area contributed by atoms with E-state index in [0.29, 0.717) is 0 Å². The van der Waals surface area contributed by atoms with Gasteiger partial charge in [0.25, 0.3) is 0 Å². The van der Waals surface area contributed by atoms with Crippen molar-refractivity contribution in [3.05, 3.63) is 91.0 Å². The normalized spacial score (nSPS) is 9.19. The van der Waals surface area contributed by atoms with Crippen LogP contribution in [0.15, 0.2) is 91.0 Å². The molecule has 0 saturated heterocycles. The van der Waals surface area contributed by atoms with Crippen LogP contribution in [0.2, 0.25) is 0 Å². The zero-order chi connectivity index (χ0) is 14.8. The third kappa shape index (κ3) is 5.41. The monoisotopic (exact) mass is 276 g/mol. The molecule has 0 heterocycles. The van der Waals surface area contributed by atoms with E-state index in [1.54, 1.807) is 0 Å². The minimum Gasteiger partial charge on any atom is -0.388 e. The fourth-order valence-corrected chi connectivity index (χ4v) is 1.81. The predicted octanol–water partition coefficient (Wildman–Crippen LogP) is 5.16. The summed E-state index contributed by atoms with van der Waals surface area (Å²) in [6.07, 6.45) is 0. The van der Waals surface area contributed by atoms with E-state index in [0.717, 1.165) is 17.1 Å². The molecular formula is C19H20N2. The highest BCUT2D eigenvalue weighted by atomic mass is 14.9. The second-order valence-electron chi connectivity index (χ2n) is 4.47. The van der Waals surface area contributed by atoms with Gasteiger partial charge in [-0.3, -0.25) is 0 Å². The Morgan fingerprint density at radius 3 is 1.10 bits per heavy atom. The quantitative estimate of drug-likeness (QED) is 0.690. The second-order valence-corrected chi connectivity index (χ2v) is 4.47. The number of para-hydroxylation sites is 3. The molecule has 21 heavy (non-hydrogen) atoms. The molecule has 0 spiro atoms. The van der Waals surface area contributed by atoms with E-state index in [1.165, 1.54) is 0 Å². The van der Waals surface area contributed by atoms with Gasteiger partial charge in [0.15, 0.2) is 0 Å². The van der Waals surface area contributed by atoms with Crippen molar-refractivity contribution in [2.45, 2.75) is 0 Å². The molecule has 2 N–H and O–H groups in total. The van der Waals surface area contributed by atoms with Gasteiger partial charge in [-0.1, -0.05) is 54.6 Å². The van der Waals surface area contributed by atoms with Gasteiger partial charge in [-0.15, -0.1) is 0 Å². The zero-order valence-electron chi connectivity index (χ0n) is 12.2. The molecule has 3 aromatic carbocycles. The van der Waals surface area contributed by atoms with E-state index in [2.05, 4.69) is 10.6 Å². The molecule has 0 fully saturated rings. The van der Waals surface area contributed by atoms with Crippen LogP contribution in [0.25, 0.3) is 0 Å². The topological polar surface area (TPSA) is 24.1 Å². The SMILES string of the molecule is CNc1ccccc1.c1ccc(Nc2ccccc2)cc1. The number of nitrogens with one attached hydrogen (secondary N) is 2. The second kappa shape index (κ2) is 8.43. The van der Waals surface area contributed by atoms with Gasteiger partial charge in [0.1, 0.15) is 0 Å². The first-order chi connectivity index (χ1) is 10.4. The molecule has 0 radical (unpaired) electrons. The summed E-state index contributed by atoms with van der Waals surface area (Å²) in [5, 5.41) is 6.33. The molecule has 0 aromatic heterocycles. The lowest BCUT2D eigenvalue weighted by Gasteiger charge is -2.04. The lowest BCUT2D eigenvalue weighted by molar-refractivity contribution is 1.51. The number of hydrogen-bond acceptors (Lipinski definition) is 2. The average molecular weight is 276 g/mol. The molecule has 2 nitrogen and oxygen atoms in total. The molecule has 3 rings (SSSR count). The van der Waals surface area contributed by atoms with Gasteiger partial charge < -0.3 is 10.6 Å². The van der Waals surface area contributed by atoms with Crippen LogP contribution in [0.5, 0.6) is 0 Å². The molecule has 2 heteroatoms. The minimum absolute atomic E-state index is 1.12. The fourth-order valence-electron chi connectivity index (χ4n) is 1.81. The van der Waals surface area contributed by atoms with Crippen molar-refractivity contribution in [2.75, 3.05) is 17.7 Å². The first kappa shape index (κ1) is 14.7. The van der Waals surface area contributed by atoms with Crippen molar-refractivity contribution in [1.29, 1.82) is 0 Å². The van der Waals surface area contributed by atoms with Crippen molar-refractivity contribution in [3.8, 4) is 0 Å². The molecule has 0 bridgehead atoms. The Kier molecular flexibility index (Phi) is 5.89. The fraction of sp³-hybridized carbons (Fsp3) is 0.0526. The van der Waals surface area contributed by atoms with E-state index in [1.807, 2.05) is 98.0 Å². The molecule has 0 saturated carbocycles. The summed E-state index contributed by atoms with van der Waals surface area (Å²) < 4.78 is 0. The summed E-state index contributed by atoms with van der Waals surface area (Å²) in [4.78, 5) is 0. The Hall–Kier alpha value is -2.74. The van der Waals surface area contributed by atoms with Crippen molar-refractivity contribution < 1.29 is 0 Å². The standard InChI is InChI=1S/C12H11N.C7H9N/c1-3-7-11(8-4-1)13-12-9-5-2-6-10-12;1-8-7-5-3-2-4-6-7/h1-10,13H;2-6,8H,1H3. The molecular weight excluding hydrogens is 256 g/mol. The summed E-state index contributed by atoms with van der Waals surface area (Å²) in [5.41, 5.74) is 3.40. The largest absolute Gasteiger partial charge is 0.388 e. The molecule has 0 atom stereocenters. The smallest absolute Gasteiger partial charge is 0.0384 e. The van der Waals surface area contributed by atoms with Crippen LogP contribution in [0, 0.1) is 0 Å². The number of anilines is 3. The molecule has 0 aliphatic heterocycles. The van der Waals surface area contributed by atoms with Crippen molar-refractivity contribution in [3.63, 3.8) is 0 Å². The van der Waals surface area contributed by atoms with E-state index in [9.17, 15) is 0 Å². The molecule has 0 amide bonds. The summed E-state index contributed by atoms with van der Waals surface area (Å²) in [6.45, 7) is 0. The summed E-state index contributed by atoms with van der Waals surface area (Å²) in [5.74, 6) is 0. The van der Waals surface area contributed by atoms with Gasteiger partial charge >= 0.3 is 0 Å². The third-order valence-electron chi connectivity index (χ3n) is 2.90. The molecule has 3 aromatic rings. The van der Waals surface area contributed by atoms with Gasteiger partial charge in [0.05, 0.1) is 0 Å². The Morgan fingerprint density at radius 1 is 0.476 bits per heavy atom. The summed E-state index contributed by atoms with van der Waals surface area (Å²) in [6, 6.07) is 30.4. The first-order valence-corrected chi connectivity index (χ1v) is 6.98. The van der Waals surface area contributed by atoms with Crippen LogP contribution in [0.1, 0.15) is 0 Å². The predicted molar refractivity (Wildman–Crippen MR) is 92.2 cm³/mol. The highest BCUT2D eigenvalue weighted by molar-refractivity contribution is 5.58. The van der Waals surface area contributed by atoms with E-state index in [-0.39, 0.29) is 0 Å². The first-order valence-electron chi connectivity index (χ1n) is 6.98. The van der Waals surface area contributed by atoms with Crippen molar-refractivity contribution in [2.24, 2.45) is 0 Å². The van der Waals surface area contributed by atoms with Crippen molar-refractivity contribution in [1.82, 2.24) is 0 Å². The lowest BCUT2D eigenvalue weighted by Crippen LogP contribution is -1.87. The van der Waals surface area contributed by atoms with Gasteiger partial charge in [0.2, 0.25) is 0 Å². The maximum atomic E-state index is 3.30. The van der Waals surface area contributed by atoms with Crippen LogP contribution < -0.4 is 10.6 Å². The Morgan fingerprint density at radius 2 is 0.810 bits per heavy atom. The summed E-state index contributed by atoms with van der Waals surface area (Å²) in [7, 11) is 1.91.